The number of piperidine rings is 1. The molecule has 0 radical (unpaired) electrons. The summed E-state index contributed by atoms with van der Waals surface area (Å²) in [6, 6.07) is 10.4. The van der Waals surface area contributed by atoms with E-state index in [0.29, 0.717) is 11.8 Å². The molecule has 2 aromatic heterocycles. The Labute approximate surface area is 141 Å². The van der Waals surface area contributed by atoms with Crippen molar-refractivity contribution in [3.05, 3.63) is 59.9 Å². The number of benzene rings is 1. The van der Waals surface area contributed by atoms with E-state index in [0.717, 1.165) is 43.9 Å². The largest absolute Gasteiger partial charge is 0.472 e. The minimum Gasteiger partial charge on any atom is -0.472 e. The van der Waals surface area contributed by atoms with Crippen LogP contribution in [0.25, 0.3) is 11.5 Å². The second-order valence-corrected chi connectivity index (χ2v) is 6.43. The van der Waals surface area contributed by atoms with Gasteiger partial charge in [-0.2, -0.15) is 0 Å². The molecule has 0 saturated carbocycles. The van der Waals surface area contributed by atoms with Crippen molar-refractivity contribution in [2.45, 2.75) is 32.2 Å². The normalized spacial score (nSPS) is 16.5. The lowest BCUT2D eigenvalue weighted by Gasteiger charge is -2.30. The quantitative estimate of drug-likeness (QED) is 0.726. The van der Waals surface area contributed by atoms with E-state index in [2.05, 4.69) is 46.3 Å². The molecular weight excluding hydrogens is 302 g/mol. The zero-order chi connectivity index (χ0) is 16.4. The molecule has 0 spiro atoms. The topological polar surface area (TPSA) is 55.3 Å². The van der Waals surface area contributed by atoms with Crippen molar-refractivity contribution in [3.8, 4) is 11.5 Å². The third-order valence-electron chi connectivity index (χ3n) is 4.80. The van der Waals surface area contributed by atoms with Crippen LogP contribution in [-0.4, -0.2) is 28.2 Å². The van der Waals surface area contributed by atoms with Gasteiger partial charge in [-0.25, -0.2) is 0 Å². The molecule has 0 aliphatic carbocycles. The molecule has 0 N–H and O–H groups in total. The number of hydrogen-bond donors (Lipinski definition) is 0. The number of furan rings is 1. The van der Waals surface area contributed by atoms with Crippen LogP contribution in [0.5, 0.6) is 0 Å². The van der Waals surface area contributed by atoms with E-state index >= 15 is 0 Å². The number of nitrogens with zero attached hydrogens (tertiary/aromatic N) is 3. The van der Waals surface area contributed by atoms with Gasteiger partial charge in [0.05, 0.1) is 11.8 Å². The van der Waals surface area contributed by atoms with E-state index in [9.17, 15) is 0 Å². The standard InChI is InChI=1S/C19H21N3O2/c1-14-4-2-3-5-16(14)12-22-9-6-15(7-10-22)18-20-21-19(24-18)17-8-11-23-13-17/h2-5,8,11,13,15H,6-7,9-10,12H2,1H3. The predicted molar refractivity (Wildman–Crippen MR) is 90.4 cm³/mol. The highest BCUT2D eigenvalue weighted by Gasteiger charge is 2.25. The molecule has 0 amide bonds. The molecule has 1 aliphatic rings. The van der Waals surface area contributed by atoms with Crippen molar-refractivity contribution < 1.29 is 8.83 Å². The van der Waals surface area contributed by atoms with E-state index in [-0.39, 0.29) is 0 Å². The Morgan fingerprint density at radius 1 is 1.12 bits per heavy atom. The zero-order valence-electron chi connectivity index (χ0n) is 13.8. The molecule has 5 heteroatoms. The Kier molecular flexibility index (Phi) is 4.17. The monoisotopic (exact) mass is 323 g/mol. The van der Waals surface area contributed by atoms with Gasteiger partial charge in [-0.1, -0.05) is 24.3 Å². The maximum atomic E-state index is 5.84. The number of rotatable bonds is 4. The summed E-state index contributed by atoms with van der Waals surface area (Å²) in [7, 11) is 0. The Balaban J connectivity index is 1.37. The fourth-order valence-electron chi connectivity index (χ4n) is 3.27. The first kappa shape index (κ1) is 15.1. The number of aromatic nitrogens is 2. The van der Waals surface area contributed by atoms with Crippen molar-refractivity contribution in [2.24, 2.45) is 0 Å². The molecular formula is C19H21N3O2. The highest BCUT2D eigenvalue weighted by Crippen LogP contribution is 2.30. The van der Waals surface area contributed by atoms with Crippen LogP contribution in [0.1, 0.15) is 35.8 Å². The van der Waals surface area contributed by atoms with Gasteiger partial charge in [0.15, 0.2) is 0 Å². The maximum Gasteiger partial charge on any atom is 0.250 e. The minimum atomic E-state index is 0.353. The van der Waals surface area contributed by atoms with Crippen LogP contribution in [0, 0.1) is 6.92 Å². The molecule has 124 valence electrons. The van der Waals surface area contributed by atoms with Crippen LogP contribution in [0.15, 0.2) is 51.7 Å². The van der Waals surface area contributed by atoms with E-state index < -0.39 is 0 Å². The Morgan fingerprint density at radius 3 is 2.71 bits per heavy atom. The van der Waals surface area contributed by atoms with Crippen molar-refractivity contribution in [1.29, 1.82) is 0 Å². The van der Waals surface area contributed by atoms with Crippen molar-refractivity contribution in [3.63, 3.8) is 0 Å². The van der Waals surface area contributed by atoms with Gasteiger partial charge in [0.2, 0.25) is 5.89 Å². The lowest BCUT2D eigenvalue weighted by Crippen LogP contribution is -2.32. The van der Waals surface area contributed by atoms with E-state index in [1.165, 1.54) is 11.1 Å². The fraction of sp³-hybridized carbons (Fsp3) is 0.368. The molecule has 3 heterocycles. The maximum absolute atomic E-state index is 5.84. The van der Waals surface area contributed by atoms with Crippen molar-refractivity contribution >= 4 is 0 Å². The molecule has 0 unspecified atom stereocenters. The Hall–Kier alpha value is -2.40. The van der Waals surface area contributed by atoms with Gasteiger partial charge < -0.3 is 8.83 Å². The highest BCUT2D eigenvalue weighted by molar-refractivity contribution is 5.49. The Morgan fingerprint density at radius 2 is 1.96 bits per heavy atom. The van der Waals surface area contributed by atoms with Gasteiger partial charge in [-0.05, 0) is 50.0 Å². The summed E-state index contributed by atoms with van der Waals surface area (Å²) in [4.78, 5) is 2.51. The number of likely N-dealkylation sites (tertiary alicyclic amines) is 1. The summed E-state index contributed by atoms with van der Waals surface area (Å²) in [6.07, 6.45) is 5.35. The molecule has 5 nitrogen and oxygen atoms in total. The van der Waals surface area contributed by atoms with Gasteiger partial charge >= 0.3 is 0 Å². The molecule has 0 bridgehead atoms. The summed E-state index contributed by atoms with van der Waals surface area (Å²) < 4.78 is 10.9. The third kappa shape index (κ3) is 3.12. The van der Waals surface area contributed by atoms with Gasteiger partial charge in [-0.3, -0.25) is 4.90 Å². The van der Waals surface area contributed by atoms with Gasteiger partial charge in [0.1, 0.15) is 6.26 Å². The van der Waals surface area contributed by atoms with E-state index in [1.54, 1.807) is 12.5 Å². The van der Waals surface area contributed by atoms with Gasteiger partial charge in [0, 0.05) is 12.5 Å². The van der Waals surface area contributed by atoms with Crippen LogP contribution < -0.4 is 0 Å². The van der Waals surface area contributed by atoms with Crippen LogP contribution >= 0.6 is 0 Å². The lowest BCUT2D eigenvalue weighted by molar-refractivity contribution is 0.193. The van der Waals surface area contributed by atoms with Crippen molar-refractivity contribution in [2.75, 3.05) is 13.1 Å². The minimum absolute atomic E-state index is 0.353. The van der Waals surface area contributed by atoms with Crippen LogP contribution in [0.4, 0.5) is 0 Å². The average molecular weight is 323 g/mol. The molecule has 1 saturated heterocycles. The molecule has 4 rings (SSSR count). The molecule has 1 fully saturated rings. The summed E-state index contributed by atoms with van der Waals surface area (Å²) in [5.41, 5.74) is 3.61. The SMILES string of the molecule is Cc1ccccc1CN1CCC(c2nnc(-c3ccoc3)o2)CC1. The smallest absolute Gasteiger partial charge is 0.250 e. The second-order valence-electron chi connectivity index (χ2n) is 6.43. The van der Waals surface area contributed by atoms with Crippen LogP contribution in [-0.2, 0) is 6.54 Å². The summed E-state index contributed by atoms with van der Waals surface area (Å²) in [5, 5.41) is 8.38. The molecule has 1 aromatic carbocycles. The first-order chi connectivity index (χ1) is 11.8. The van der Waals surface area contributed by atoms with Gasteiger partial charge in [0.25, 0.3) is 5.89 Å². The van der Waals surface area contributed by atoms with Crippen LogP contribution in [0.2, 0.25) is 0 Å². The highest BCUT2D eigenvalue weighted by atomic mass is 16.4. The molecule has 3 aromatic rings. The number of aryl methyl sites for hydroxylation is 1. The summed E-state index contributed by atoms with van der Waals surface area (Å²) in [5.74, 6) is 1.65. The van der Waals surface area contributed by atoms with Gasteiger partial charge in [-0.15, -0.1) is 10.2 Å². The van der Waals surface area contributed by atoms with Crippen LogP contribution in [0.3, 0.4) is 0 Å². The molecule has 1 aliphatic heterocycles. The molecule has 24 heavy (non-hydrogen) atoms. The van der Waals surface area contributed by atoms with Crippen molar-refractivity contribution in [1.82, 2.24) is 15.1 Å². The summed E-state index contributed by atoms with van der Waals surface area (Å²) >= 11 is 0. The Bertz CT molecular complexity index is 787. The fourth-order valence-corrected chi connectivity index (χ4v) is 3.27. The van der Waals surface area contributed by atoms with E-state index in [4.69, 9.17) is 8.83 Å². The first-order valence-corrected chi connectivity index (χ1v) is 8.42. The zero-order valence-corrected chi connectivity index (χ0v) is 13.8. The first-order valence-electron chi connectivity index (χ1n) is 8.42. The molecule has 0 atom stereocenters. The second kappa shape index (κ2) is 6.61. The lowest BCUT2D eigenvalue weighted by atomic mass is 9.96. The predicted octanol–water partition coefficient (Wildman–Crippen LogP) is 4.02. The number of hydrogen-bond acceptors (Lipinski definition) is 5. The third-order valence-corrected chi connectivity index (χ3v) is 4.80. The average Bonchev–Trinajstić information content (AvgIpc) is 3.29. The summed E-state index contributed by atoms with van der Waals surface area (Å²) in [6.45, 7) is 5.31. The van der Waals surface area contributed by atoms with E-state index in [1.807, 2.05) is 6.07 Å².